The molecule has 1 fully saturated rings. The van der Waals surface area contributed by atoms with Crippen LogP contribution in [0.4, 0.5) is 0 Å². The van der Waals surface area contributed by atoms with Crippen molar-refractivity contribution in [2.24, 2.45) is 0 Å². The Morgan fingerprint density at radius 1 is 1.06 bits per heavy atom. The van der Waals surface area contributed by atoms with E-state index in [1.165, 1.54) is 26.2 Å². The Balaban J connectivity index is 1.64. The minimum absolute atomic E-state index is 0.0728. The fourth-order valence-corrected chi connectivity index (χ4v) is 5.33. The molecule has 2 aliphatic heterocycles. The first-order valence-corrected chi connectivity index (χ1v) is 12.0. The number of sulfonamides is 1. The Morgan fingerprint density at radius 2 is 1.81 bits per heavy atom. The zero-order chi connectivity index (χ0) is 22.2. The molecular weight excluding hydrogens is 440 g/mol. The maximum Gasteiger partial charge on any atom is 0.254 e. The third-order valence-electron chi connectivity index (χ3n) is 5.61. The van der Waals surface area contributed by atoms with Crippen molar-refractivity contribution in [1.82, 2.24) is 9.21 Å². The summed E-state index contributed by atoms with van der Waals surface area (Å²) in [6.07, 6.45) is 2.51. The van der Waals surface area contributed by atoms with Gasteiger partial charge in [0.2, 0.25) is 10.0 Å². The van der Waals surface area contributed by atoms with Crippen molar-refractivity contribution in [3.8, 4) is 11.5 Å². The van der Waals surface area contributed by atoms with E-state index < -0.39 is 10.0 Å². The first-order chi connectivity index (χ1) is 14.8. The van der Waals surface area contributed by atoms with Crippen LogP contribution in [0.25, 0.3) is 0 Å². The molecule has 166 valence electrons. The highest BCUT2D eigenvalue weighted by Gasteiger charge is 2.32. The molecular formula is C22H25ClN2O5S. The third kappa shape index (κ3) is 4.24. The number of carbonyl (C=O) groups excluding carboxylic acids is 1. The van der Waals surface area contributed by atoms with Gasteiger partial charge in [0.15, 0.2) is 11.5 Å². The lowest BCUT2D eigenvalue weighted by Gasteiger charge is -2.26. The number of nitrogens with zero attached hydrogens (tertiary/aromatic N) is 2. The summed E-state index contributed by atoms with van der Waals surface area (Å²) >= 11 is 6.14. The lowest BCUT2D eigenvalue weighted by atomic mass is 10.0. The van der Waals surface area contributed by atoms with E-state index in [0.29, 0.717) is 36.8 Å². The molecule has 1 atom stereocenters. The molecule has 1 saturated heterocycles. The highest BCUT2D eigenvalue weighted by Crippen LogP contribution is 2.39. The van der Waals surface area contributed by atoms with Crippen LogP contribution in [0.5, 0.6) is 11.5 Å². The topological polar surface area (TPSA) is 76.2 Å². The van der Waals surface area contributed by atoms with Crippen molar-refractivity contribution in [3.05, 3.63) is 52.5 Å². The van der Waals surface area contributed by atoms with Gasteiger partial charge in [-0.05, 0) is 48.7 Å². The monoisotopic (exact) mass is 464 g/mol. The van der Waals surface area contributed by atoms with Gasteiger partial charge >= 0.3 is 0 Å². The van der Waals surface area contributed by atoms with E-state index in [2.05, 4.69) is 0 Å². The minimum atomic E-state index is -3.77. The van der Waals surface area contributed by atoms with Crippen LogP contribution in [0.1, 0.15) is 41.2 Å². The molecule has 0 saturated carbocycles. The molecule has 0 spiro atoms. The molecule has 7 nitrogen and oxygen atoms in total. The zero-order valence-corrected chi connectivity index (χ0v) is 19.1. The maximum atomic E-state index is 13.4. The minimum Gasteiger partial charge on any atom is -0.490 e. The summed E-state index contributed by atoms with van der Waals surface area (Å²) in [4.78, 5) is 15.1. The number of ether oxygens (including phenoxy) is 2. The number of fused-ring (bicyclic) bond motifs is 1. The van der Waals surface area contributed by atoms with Crippen LogP contribution in [0.2, 0.25) is 5.02 Å². The molecule has 2 heterocycles. The number of likely N-dealkylation sites (tertiary alicyclic amines) is 1. The van der Waals surface area contributed by atoms with Gasteiger partial charge in [-0.25, -0.2) is 12.7 Å². The van der Waals surface area contributed by atoms with Crippen molar-refractivity contribution >= 4 is 27.5 Å². The number of hydrogen-bond acceptors (Lipinski definition) is 5. The van der Waals surface area contributed by atoms with Crippen LogP contribution in [-0.2, 0) is 10.0 Å². The molecule has 1 amide bonds. The average Bonchev–Trinajstić information content (AvgIpc) is 3.12. The van der Waals surface area contributed by atoms with Gasteiger partial charge in [0.1, 0.15) is 4.90 Å². The van der Waals surface area contributed by atoms with E-state index >= 15 is 0 Å². The van der Waals surface area contributed by atoms with Crippen LogP contribution in [0, 0.1) is 0 Å². The molecule has 0 N–H and O–H groups in total. The van der Waals surface area contributed by atoms with E-state index in [0.717, 1.165) is 29.1 Å². The number of benzene rings is 2. The van der Waals surface area contributed by atoms with Gasteiger partial charge in [-0.3, -0.25) is 4.79 Å². The van der Waals surface area contributed by atoms with Gasteiger partial charge in [-0.2, -0.15) is 0 Å². The number of rotatable bonds is 4. The molecule has 0 radical (unpaired) electrons. The molecule has 0 unspecified atom stereocenters. The third-order valence-corrected chi connectivity index (χ3v) is 7.90. The summed E-state index contributed by atoms with van der Waals surface area (Å²) in [5.41, 5.74) is 1.27. The van der Waals surface area contributed by atoms with Gasteiger partial charge in [0.25, 0.3) is 5.91 Å². The molecule has 31 heavy (non-hydrogen) atoms. The number of hydrogen-bond donors (Lipinski definition) is 0. The van der Waals surface area contributed by atoms with Crippen LogP contribution in [0.3, 0.4) is 0 Å². The van der Waals surface area contributed by atoms with E-state index in [9.17, 15) is 13.2 Å². The van der Waals surface area contributed by atoms with E-state index in [4.69, 9.17) is 21.1 Å². The van der Waals surface area contributed by atoms with Crippen molar-refractivity contribution in [3.63, 3.8) is 0 Å². The van der Waals surface area contributed by atoms with Crippen molar-refractivity contribution in [2.75, 3.05) is 33.9 Å². The van der Waals surface area contributed by atoms with E-state index in [1.54, 1.807) is 11.0 Å². The molecule has 2 aliphatic rings. The SMILES string of the molecule is CN(C)S(=O)(=O)c1cc(C(=O)N2CCC[C@@H]2c2ccc3c(c2)OCCCO3)ccc1Cl. The Labute approximate surface area is 187 Å². The van der Waals surface area contributed by atoms with Gasteiger partial charge in [-0.15, -0.1) is 0 Å². The van der Waals surface area contributed by atoms with Crippen molar-refractivity contribution in [2.45, 2.75) is 30.2 Å². The Hall–Kier alpha value is -2.29. The van der Waals surface area contributed by atoms with E-state index in [-0.39, 0.29) is 21.9 Å². The van der Waals surface area contributed by atoms with Gasteiger partial charge in [-0.1, -0.05) is 17.7 Å². The number of halogens is 1. The Bertz CT molecular complexity index is 1100. The standard InChI is InChI=1S/C22H25ClN2O5S/c1-24(2)31(27,28)21-14-16(6-8-17(21)23)22(26)25-10-3-5-18(25)15-7-9-19-20(13-15)30-12-4-11-29-19/h6-9,13-14,18H,3-5,10-12H2,1-2H3/t18-/m1/s1. The lowest BCUT2D eigenvalue weighted by molar-refractivity contribution is 0.0735. The predicted molar refractivity (Wildman–Crippen MR) is 117 cm³/mol. The molecule has 0 aromatic heterocycles. The van der Waals surface area contributed by atoms with Gasteiger partial charge in [0.05, 0.1) is 24.3 Å². The smallest absolute Gasteiger partial charge is 0.254 e. The fraction of sp³-hybridized carbons (Fsp3) is 0.409. The Kier molecular flexibility index (Phi) is 6.14. The first-order valence-electron chi connectivity index (χ1n) is 10.2. The van der Waals surface area contributed by atoms with Crippen molar-refractivity contribution in [1.29, 1.82) is 0 Å². The maximum absolute atomic E-state index is 13.4. The molecule has 2 aromatic rings. The summed E-state index contributed by atoms with van der Waals surface area (Å²) in [5, 5.41) is 0.0890. The number of carbonyl (C=O) groups is 1. The second-order valence-corrected chi connectivity index (χ2v) is 10.4. The summed E-state index contributed by atoms with van der Waals surface area (Å²) < 4.78 is 37.8. The van der Waals surface area contributed by atoms with Crippen LogP contribution in [0.15, 0.2) is 41.3 Å². The molecule has 0 bridgehead atoms. The van der Waals surface area contributed by atoms with Gasteiger partial charge in [0, 0.05) is 32.6 Å². The zero-order valence-electron chi connectivity index (χ0n) is 17.5. The highest BCUT2D eigenvalue weighted by atomic mass is 35.5. The lowest BCUT2D eigenvalue weighted by Crippen LogP contribution is -2.31. The summed E-state index contributed by atoms with van der Waals surface area (Å²) in [7, 11) is -0.904. The second kappa shape index (κ2) is 8.68. The summed E-state index contributed by atoms with van der Waals surface area (Å²) in [5.74, 6) is 1.19. The number of amides is 1. The fourth-order valence-electron chi connectivity index (χ4n) is 3.94. The molecule has 0 aliphatic carbocycles. The quantitative estimate of drug-likeness (QED) is 0.689. The normalized spacial score (nSPS) is 18.8. The Morgan fingerprint density at radius 3 is 2.55 bits per heavy atom. The second-order valence-electron chi connectivity index (χ2n) is 7.85. The highest BCUT2D eigenvalue weighted by molar-refractivity contribution is 7.89. The summed E-state index contributed by atoms with van der Waals surface area (Å²) in [6, 6.07) is 10.1. The van der Waals surface area contributed by atoms with E-state index in [1.807, 2.05) is 18.2 Å². The molecule has 2 aromatic carbocycles. The first kappa shape index (κ1) is 21.9. The van der Waals surface area contributed by atoms with Gasteiger partial charge < -0.3 is 14.4 Å². The largest absolute Gasteiger partial charge is 0.490 e. The van der Waals surface area contributed by atoms with Crippen LogP contribution < -0.4 is 9.47 Å². The molecule has 4 rings (SSSR count). The average molecular weight is 465 g/mol. The molecule has 9 heteroatoms. The van der Waals surface area contributed by atoms with Crippen molar-refractivity contribution < 1.29 is 22.7 Å². The van der Waals surface area contributed by atoms with Crippen LogP contribution in [-0.4, -0.2) is 57.4 Å². The summed E-state index contributed by atoms with van der Waals surface area (Å²) in [6.45, 7) is 1.81. The predicted octanol–water partition coefficient (Wildman–Crippen LogP) is 3.73. The van der Waals surface area contributed by atoms with Crippen LogP contribution >= 0.6 is 11.6 Å².